The zero-order chi connectivity index (χ0) is 38.8. The van der Waals surface area contributed by atoms with E-state index in [-0.39, 0.29) is 60.7 Å². The van der Waals surface area contributed by atoms with Gasteiger partial charge in [0, 0.05) is 56.3 Å². The van der Waals surface area contributed by atoms with E-state index in [1.807, 2.05) is 29.2 Å². The Morgan fingerprint density at radius 3 is 2.54 bits per heavy atom. The highest BCUT2D eigenvalue weighted by atomic mass is 16.5. The highest BCUT2D eigenvalue weighted by Gasteiger charge is 2.45. The fourth-order valence-electron chi connectivity index (χ4n) is 7.41. The first-order chi connectivity index (χ1) is 27.2. The van der Waals surface area contributed by atoms with Gasteiger partial charge >= 0.3 is 0 Å². The predicted molar refractivity (Wildman–Crippen MR) is 204 cm³/mol. The van der Waals surface area contributed by atoms with Crippen molar-refractivity contribution in [3.8, 4) is 17.1 Å². The lowest BCUT2D eigenvalue weighted by atomic mass is 9.92. The summed E-state index contributed by atoms with van der Waals surface area (Å²) in [6.45, 7) is 6.13. The molecule has 4 aromatic rings. The van der Waals surface area contributed by atoms with E-state index in [4.69, 9.17) is 14.2 Å². The lowest BCUT2D eigenvalue weighted by Crippen LogP contribution is -2.49. The van der Waals surface area contributed by atoms with Crippen molar-refractivity contribution in [2.75, 3.05) is 69.4 Å². The third kappa shape index (κ3) is 7.84. The maximum absolute atomic E-state index is 13.3. The number of ether oxygens (including phenoxy) is 3. The van der Waals surface area contributed by atoms with Gasteiger partial charge in [-0.2, -0.15) is 5.10 Å². The van der Waals surface area contributed by atoms with Crippen molar-refractivity contribution in [1.82, 2.24) is 30.0 Å². The smallest absolute Gasteiger partial charge is 0.264 e. The molecule has 4 heterocycles. The summed E-state index contributed by atoms with van der Waals surface area (Å²) in [7, 11) is 0. The standard InChI is InChI=1S/C40H44N8O8/c1-40(10-11-40)56-26-6-7-29-28(22-26)37(45-44-29)31-23-34(43-24-42-31)46-13-15-47(16-14-46)35(51)9-17-54-19-20-55-18-12-41-30-4-2-3-27-36(30)39(53)48(38(27)52)32-8-5-25(49)21-33(32)50/h2-4,6-7,22-24,32,41H,5,8-21H2,1H3,(H,44,45). The normalized spacial score (nSPS) is 19.2. The van der Waals surface area contributed by atoms with Gasteiger partial charge in [-0.15, -0.1) is 0 Å². The molecule has 56 heavy (non-hydrogen) atoms. The van der Waals surface area contributed by atoms with Gasteiger partial charge in [-0.25, -0.2) is 9.97 Å². The number of amides is 3. The van der Waals surface area contributed by atoms with Crippen LogP contribution in [0, 0.1) is 0 Å². The van der Waals surface area contributed by atoms with Crippen LogP contribution in [0.1, 0.15) is 66.2 Å². The van der Waals surface area contributed by atoms with E-state index in [0.29, 0.717) is 63.9 Å². The molecule has 2 N–H and O–H groups in total. The van der Waals surface area contributed by atoms with Crippen LogP contribution in [0.4, 0.5) is 11.5 Å². The second-order valence-electron chi connectivity index (χ2n) is 14.8. The minimum absolute atomic E-state index is 0.0301. The van der Waals surface area contributed by atoms with Gasteiger partial charge < -0.3 is 29.3 Å². The van der Waals surface area contributed by atoms with Gasteiger partial charge in [0.15, 0.2) is 5.78 Å². The molecule has 4 aliphatic rings. The second-order valence-corrected chi connectivity index (χ2v) is 14.8. The Kier molecular flexibility index (Phi) is 10.5. The number of hydrogen-bond donors (Lipinski definition) is 2. The zero-order valence-electron chi connectivity index (χ0n) is 31.3. The van der Waals surface area contributed by atoms with Crippen molar-refractivity contribution < 1.29 is 38.2 Å². The number of benzene rings is 2. The molecule has 0 bridgehead atoms. The van der Waals surface area contributed by atoms with Crippen LogP contribution in [0.5, 0.6) is 5.75 Å². The quantitative estimate of drug-likeness (QED) is 0.102. The molecule has 16 nitrogen and oxygen atoms in total. The van der Waals surface area contributed by atoms with Crippen LogP contribution in [0.2, 0.25) is 0 Å². The van der Waals surface area contributed by atoms with Gasteiger partial charge in [-0.05, 0) is 56.5 Å². The Labute approximate surface area is 322 Å². The van der Waals surface area contributed by atoms with Crippen LogP contribution in [0.25, 0.3) is 22.3 Å². The first-order valence-electron chi connectivity index (χ1n) is 19.1. The Hall–Kier alpha value is -5.74. The Balaban J connectivity index is 0.730. The second kappa shape index (κ2) is 15.8. The number of hydrogen-bond acceptors (Lipinski definition) is 13. The van der Waals surface area contributed by atoms with Crippen molar-refractivity contribution >= 4 is 51.7 Å². The SMILES string of the molecule is CC1(Oc2ccc3[nH]nc(-c4cc(N5CCN(C(=O)CCOCCOCCNc6cccc7c6C(=O)N(C6CCC(=O)CC6=O)C7=O)CC5)ncn4)c3c2)CC1. The molecule has 292 valence electrons. The number of carbonyl (C=O) groups is 5. The summed E-state index contributed by atoms with van der Waals surface area (Å²) in [4.78, 5) is 77.4. The van der Waals surface area contributed by atoms with Crippen molar-refractivity contribution in [2.45, 2.75) is 57.1 Å². The first kappa shape index (κ1) is 37.2. The number of nitrogens with zero attached hydrogens (tertiary/aromatic N) is 6. The number of ketones is 2. The highest BCUT2D eigenvalue weighted by molar-refractivity contribution is 6.25. The molecule has 2 aromatic carbocycles. The molecule has 2 aliphatic carbocycles. The number of imide groups is 1. The first-order valence-corrected chi connectivity index (χ1v) is 19.1. The molecule has 1 unspecified atom stereocenters. The number of rotatable bonds is 15. The van der Waals surface area contributed by atoms with Crippen molar-refractivity contribution in [1.29, 1.82) is 0 Å². The van der Waals surface area contributed by atoms with E-state index < -0.39 is 23.6 Å². The van der Waals surface area contributed by atoms with Crippen molar-refractivity contribution in [2.24, 2.45) is 0 Å². The Morgan fingerprint density at radius 2 is 1.75 bits per heavy atom. The summed E-state index contributed by atoms with van der Waals surface area (Å²) in [5.41, 5.74) is 3.21. The molecule has 2 aromatic heterocycles. The zero-order valence-corrected chi connectivity index (χ0v) is 31.3. The van der Waals surface area contributed by atoms with Crippen LogP contribution >= 0.6 is 0 Å². The van der Waals surface area contributed by atoms with Gasteiger partial charge in [0.05, 0.1) is 67.6 Å². The molecule has 0 spiro atoms. The Bertz CT molecular complexity index is 2180. The Morgan fingerprint density at radius 1 is 0.946 bits per heavy atom. The topological polar surface area (TPSA) is 189 Å². The molecular formula is C40H44N8O8. The fourth-order valence-corrected chi connectivity index (χ4v) is 7.41. The number of Topliss-reactive ketones (excluding diaryl/α,β-unsaturated/α-hetero) is 2. The molecule has 1 atom stereocenters. The third-order valence-corrected chi connectivity index (χ3v) is 10.8. The fraction of sp³-hybridized carbons (Fsp3) is 0.450. The molecule has 3 fully saturated rings. The molecule has 3 amide bonds. The van der Waals surface area contributed by atoms with Gasteiger partial charge in [0.1, 0.15) is 35.0 Å². The van der Waals surface area contributed by atoms with Gasteiger partial charge in [0.25, 0.3) is 11.8 Å². The predicted octanol–water partition coefficient (Wildman–Crippen LogP) is 3.42. The summed E-state index contributed by atoms with van der Waals surface area (Å²) in [6.07, 6.45) is 3.99. The van der Waals surface area contributed by atoms with Gasteiger partial charge in [-0.1, -0.05) is 6.07 Å². The van der Waals surface area contributed by atoms with E-state index in [9.17, 15) is 24.0 Å². The van der Waals surface area contributed by atoms with E-state index in [2.05, 4.69) is 37.3 Å². The van der Waals surface area contributed by atoms with Crippen LogP contribution in [0.15, 0.2) is 48.8 Å². The largest absolute Gasteiger partial charge is 0.488 e. The molecule has 1 saturated heterocycles. The van der Waals surface area contributed by atoms with Gasteiger partial charge in [0.2, 0.25) is 5.91 Å². The summed E-state index contributed by atoms with van der Waals surface area (Å²) in [6, 6.07) is 11.9. The van der Waals surface area contributed by atoms with Crippen molar-refractivity contribution in [3.63, 3.8) is 0 Å². The minimum Gasteiger partial charge on any atom is -0.488 e. The van der Waals surface area contributed by atoms with Crippen molar-refractivity contribution in [3.05, 3.63) is 59.9 Å². The maximum atomic E-state index is 13.3. The summed E-state index contributed by atoms with van der Waals surface area (Å²) < 4.78 is 17.5. The number of H-pyrrole nitrogens is 1. The number of fused-ring (bicyclic) bond motifs is 2. The van der Waals surface area contributed by atoms with E-state index in [0.717, 1.165) is 45.9 Å². The number of aromatic amines is 1. The molecule has 8 rings (SSSR count). The van der Waals surface area contributed by atoms with Crippen LogP contribution < -0.4 is 15.0 Å². The van der Waals surface area contributed by atoms with Crippen LogP contribution in [-0.4, -0.2) is 130 Å². The average Bonchev–Trinajstić information content (AvgIpc) is 3.68. The number of nitrogens with one attached hydrogen (secondary N) is 2. The van der Waals surface area contributed by atoms with Crippen LogP contribution in [0.3, 0.4) is 0 Å². The van der Waals surface area contributed by atoms with Gasteiger partial charge in [-0.3, -0.25) is 34.0 Å². The third-order valence-electron chi connectivity index (χ3n) is 10.8. The summed E-state index contributed by atoms with van der Waals surface area (Å²) in [5.74, 6) is 0.00267. The number of aromatic nitrogens is 4. The maximum Gasteiger partial charge on any atom is 0.264 e. The number of carbonyl (C=O) groups excluding carboxylic acids is 5. The lowest BCUT2D eigenvalue weighted by molar-refractivity contribution is -0.133. The summed E-state index contributed by atoms with van der Waals surface area (Å²) >= 11 is 0. The van der Waals surface area contributed by atoms with E-state index >= 15 is 0 Å². The number of anilines is 2. The number of piperazine rings is 1. The lowest BCUT2D eigenvalue weighted by Gasteiger charge is -2.35. The van der Waals surface area contributed by atoms with E-state index in [1.54, 1.807) is 24.5 Å². The molecule has 2 saturated carbocycles. The molecular weight excluding hydrogens is 720 g/mol. The molecule has 2 aliphatic heterocycles. The minimum atomic E-state index is -0.914. The summed E-state index contributed by atoms with van der Waals surface area (Å²) in [5, 5.41) is 11.7. The van der Waals surface area contributed by atoms with E-state index in [1.165, 1.54) is 0 Å². The molecule has 0 radical (unpaired) electrons. The monoisotopic (exact) mass is 764 g/mol. The average molecular weight is 765 g/mol. The highest BCUT2D eigenvalue weighted by Crippen LogP contribution is 2.41. The molecule has 16 heteroatoms. The van der Waals surface area contributed by atoms with Crippen LogP contribution in [-0.2, 0) is 23.9 Å².